The number of hydrogen-bond acceptors (Lipinski definition) is 3. The van der Waals surface area contributed by atoms with Crippen LogP contribution >= 0.6 is 15.9 Å². The molecule has 0 aliphatic carbocycles. The molecule has 1 aromatic rings. The molecule has 0 spiro atoms. The number of carbonyl (C=O) groups is 1. The molecule has 0 radical (unpaired) electrons. The van der Waals surface area contributed by atoms with E-state index in [1.807, 2.05) is 0 Å². The van der Waals surface area contributed by atoms with E-state index in [0.717, 1.165) is 0 Å². The molecule has 0 amide bonds. The van der Waals surface area contributed by atoms with E-state index >= 15 is 0 Å². The summed E-state index contributed by atoms with van der Waals surface area (Å²) in [5, 5.41) is 0. The normalized spacial score (nSPS) is 10.6. The molecule has 6 heteroatoms. The lowest BCUT2D eigenvalue weighted by Gasteiger charge is -2.05. The maximum Gasteiger partial charge on any atom is 0.310 e. The van der Waals surface area contributed by atoms with E-state index in [1.165, 1.54) is 12.3 Å². The Kier molecular flexibility index (Phi) is 4.79. The summed E-state index contributed by atoms with van der Waals surface area (Å²) in [7, 11) is 0. The van der Waals surface area contributed by atoms with Gasteiger partial charge in [0.1, 0.15) is 5.69 Å². The summed E-state index contributed by atoms with van der Waals surface area (Å²) in [4.78, 5) is 14.7. The number of alkyl halides is 2. The fourth-order valence-electron chi connectivity index (χ4n) is 1.12. The van der Waals surface area contributed by atoms with Crippen molar-refractivity contribution >= 4 is 21.9 Å². The lowest BCUT2D eigenvalue weighted by Crippen LogP contribution is -2.08. The van der Waals surface area contributed by atoms with Crippen molar-refractivity contribution in [2.24, 2.45) is 0 Å². The minimum atomic E-state index is -2.63. The zero-order valence-electron chi connectivity index (χ0n) is 8.54. The number of nitrogens with zero attached hydrogens (tertiary/aromatic N) is 1. The summed E-state index contributed by atoms with van der Waals surface area (Å²) in [6.45, 7) is 1.99. The molecule has 1 heterocycles. The van der Waals surface area contributed by atoms with Gasteiger partial charge in [0.05, 0.1) is 13.0 Å². The number of halogens is 3. The standard InChI is InChI=1S/C10H10BrF2NO2/c1-2-16-8(15)4-6-3-7(11)9(10(12)13)14-5-6/h3,5,10H,2,4H2,1H3. The van der Waals surface area contributed by atoms with Gasteiger partial charge in [0.2, 0.25) is 0 Å². The van der Waals surface area contributed by atoms with Crippen LogP contribution in [0.25, 0.3) is 0 Å². The summed E-state index contributed by atoms with van der Waals surface area (Å²) in [6.07, 6.45) is -1.35. The van der Waals surface area contributed by atoms with E-state index in [2.05, 4.69) is 20.9 Å². The fraction of sp³-hybridized carbons (Fsp3) is 0.400. The average molecular weight is 294 g/mol. The van der Waals surface area contributed by atoms with E-state index < -0.39 is 12.4 Å². The molecule has 1 rings (SSSR count). The highest BCUT2D eigenvalue weighted by Crippen LogP contribution is 2.25. The van der Waals surface area contributed by atoms with Gasteiger partial charge in [-0.2, -0.15) is 0 Å². The second kappa shape index (κ2) is 5.89. The van der Waals surface area contributed by atoms with Crippen molar-refractivity contribution in [1.82, 2.24) is 4.98 Å². The summed E-state index contributed by atoms with van der Waals surface area (Å²) >= 11 is 2.98. The Bertz CT molecular complexity index is 385. The third-order valence-corrected chi connectivity index (χ3v) is 2.42. The number of aromatic nitrogens is 1. The van der Waals surface area contributed by atoms with E-state index in [-0.39, 0.29) is 16.6 Å². The van der Waals surface area contributed by atoms with Gasteiger partial charge in [-0.15, -0.1) is 0 Å². The largest absolute Gasteiger partial charge is 0.466 e. The lowest BCUT2D eigenvalue weighted by molar-refractivity contribution is -0.142. The Hall–Kier alpha value is -1.04. The van der Waals surface area contributed by atoms with E-state index in [0.29, 0.717) is 12.2 Å². The topological polar surface area (TPSA) is 39.2 Å². The fourth-order valence-corrected chi connectivity index (χ4v) is 1.69. The van der Waals surface area contributed by atoms with Crippen LogP contribution in [0.2, 0.25) is 0 Å². The molecule has 88 valence electrons. The van der Waals surface area contributed by atoms with Crippen LogP contribution in [0.3, 0.4) is 0 Å². The van der Waals surface area contributed by atoms with Crippen LogP contribution in [-0.2, 0) is 16.0 Å². The van der Waals surface area contributed by atoms with Gasteiger partial charge in [0.25, 0.3) is 6.43 Å². The second-order valence-electron chi connectivity index (χ2n) is 2.99. The van der Waals surface area contributed by atoms with Crippen molar-refractivity contribution in [3.8, 4) is 0 Å². The Morgan fingerprint density at radius 1 is 1.62 bits per heavy atom. The SMILES string of the molecule is CCOC(=O)Cc1cnc(C(F)F)c(Br)c1. The van der Waals surface area contributed by atoms with Crippen LogP contribution in [0.15, 0.2) is 16.7 Å². The molecular weight excluding hydrogens is 284 g/mol. The highest BCUT2D eigenvalue weighted by molar-refractivity contribution is 9.10. The number of carbonyl (C=O) groups excluding carboxylic acids is 1. The molecular formula is C10H10BrF2NO2. The number of rotatable bonds is 4. The monoisotopic (exact) mass is 293 g/mol. The van der Waals surface area contributed by atoms with Crippen LogP contribution in [0.1, 0.15) is 24.6 Å². The number of ether oxygens (including phenoxy) is 1. The summed E-state index contributed by atoms with van der Waals surface area (Å²) in [6, 6.07) is 1.45. The molecule has 0 saturated heterocycles. The minimum absolute atomic E-state index is 0.0307. The predicted molar refractivity (Wildman–Crippen MR) is 57.2 cm³/mol. The zero-order valence-corrected chi connectivity index (χ0v) is 10.1. The molecule has 0 aliphatic rings. The molecule has 0 aromatic carbocycles. The van der Waals surface area contributed by atoms with E-state index in [9.17, 15) is 13.6 Å². The molecule has 0 aliphatic heterocycles. The molecule has 16 heavy (non-hydrogen) atoms. The Labute approximate surface area is 99.9 Å². The quantitative estimate of drug-likeness (QED) is 0.802. The molecule has 0 N–H and O–H groups in total. The maximum atomic E-state index is 12.4. The van der Waals surface area contributed by atoms with Gasteiger partial charge in [-0.25, -0.2) is 8.78 Å². The predicted octanol–water partition coefficient (Wildman–Crippen LogP) is 2.89. The first-order valence-electron chi connectivity index (χ1n) is 4.62. The van der Waals surface area contributed by atoms with Gasteiger partial charge in [-0.1, -0.05) is 0 Å². The number of esters is 1. The highest BCUT2D eigenvalue weighted by Gasteiger charge is 2.14. The number of pyridine rings is 1. The Morgan fingerprint density at radius 2 is 2.31 bits per heavy atom. The molecule has 1 aromatic heterocycles. The van der Waals surface area contributed by atoms with Crippen LogP contribution in [-0.4, -0.2) is 17.6 Å². The van der Waals surface area contributed by atoms with Gasteiger partial charge in [-0.3, -0.25) is 9.78 Å². The minimum Gasteiger partial charge on any atom is -0.466 e. The Balaban J connectivity index is 2.77. The van der Waals surface area contributed by atoms with Crippen molar-refractivity contribution in [2.75, 3.05) is 6.61 Å². The molecule has 3 nitrogen and oxygen atoms in total. The molecule has 0 saturated carbocycles. The number of hydrogen-bond donors (Lipinski definition) is 0. The van der Waals surface area contributed by atoms with Crippen LogP contribution in [0.5, 0.6) is 0 Å². The molecule has 0 bridgehead atoms. The first kappa shape index (κ1) is 13.0. The van der Waals surface area contributed by atoms with Crippen LogP contribution < -0.4 is 0 Å². The molecule has 0 unspecified atom stereocenters. The molecule has 0 fully saturated rings. The van der Waals surface area contributed by atoms with Gasteiger partial charge >= 0.3 is 5.97 Å². The smallest absolute Gasteiger partial charge is 0.310 e. The highest BCUT2D eigenvalue weighted by atomic mass is 79.9. The average Bonchev–Trinajstić information content (AvgIpc) is 2.17. The van der Waals surface area contributed by atoms with Crippen molar-refractivity contribution in [3.05, 3.63) is 28.0 Å². The van der Waals surface area contributed by atoms with Crippen molar-refractivity contribution in [2.45, 2.75) is 19.8 Å². The summed E-state index contributed by atoms with van der Waals surface area (Å²) in [5.74, 6) is -0.402. The third kappa shape index (κ3) is 3.52. The van der Waals surface area contributed by atoms with E-state index in [1.54, 1.807) is 6.92 Å². The van der Waals surface area contributed by atoms with Gasteiger partial charge in [0.15, 0.2) is 0 Å². The maximum absolute atomic E-state index is 12.4. The van der Waals surface area contributed by atoms with Gasteiger partial charge in [0, 0.05) is 10.7 Å². The Morgan fingerprint density at radius 3 is 2.81 bits per heavy atom. The van der Waals surface area contributed by atoms with E-state index in [4.69, 9.17) is 4.74 Å². The van der Waals surface area contributed by atoms with Crippen LogP contribution in [0.4, 0.5) is 8.78 Å². The van der Waals surface area contributed by atoms with Crippen molar-refractivity contribution < 1.29 is 18.3 Å². The van der Waals surface area contributed by atoms with Crippen molar-refractivity contribution in [1.29, 1.82) is 0 Å². The molecule has 0 atom stereocenters. The van der Waals surface area contributed by atoms with Gasteiger partial charge in [-0.05, 0) is 34.5 Å². The first-order chi connectivity index (χ1) is 7.54. The van der Waals surface area contributed by atoms with Crippen molar-refractivity contribution in [3.63, 3.8) is 0 Å². The lowest BCUT2D eigenvalue weighted by atomic mass is 10.2. The first-order valence-corrected chi connectivity index (χ1v) is 5.42. The second-order valence-corrected chi connectivity index (χ2v) is 3.85. The summed E-state index contributed by atoms with van der Waals surface area (Å²) < 4.78 is 29.6. The van der Waals surface area contributed by atoms with Crippen LogP contribution in [0, 0.1) is 0 Å². The zero-order chi connectivity index (χ0) is 12.1. The third-order valence-electron chi connectivity index (χ3n) is 1.79. The summed E-state index contributed by atoms with van der Waals surface area (Å²) in [5.41, 5.74) is 0.210. The van der Waals surface area contributed by atoms with Gasteiger partial charge < -0.3 is 4.74 Å².